The number of rotatable bonds is 2. The molecule has 1 aromatic heterocycles. The summed E-state index contributed by atoms with van der Waals surface area (Å²) in [4.78, 5) is 18.1. The van der Waals surface area contributed by atoms with Gasteiger partial charge in [-0.25, -0.2) is 0 Å². The summed E-state index contributed by atoms with van der Waals surface area (Å²) in [5, 5.41) is 1.86. The zero-order valence-electron chi connectivity index (χ0n) is 13.3. The van der Waals surface area contributed by atoms with Gasteiger partial charge in [-0.3, -0.25) is 4.79 Å². The van der Waals surface area contributed by atoms with E-state index >= 15 is 0 Å². The van der Waals surface area contributed by atoms with Crippen LogP contribution >= 0.6 is 11.6 Å². The molecule has 0 atom stereocenters. The van der Waals surface area contributed by atoms with Gasteiger partial charge < -0.3 is 14.6 Å². The standard InChI is InChI=1S/C19H17ClN2O2/c1-24-14-5-2-12(3-6-14)19(23)22-9-8-17-16(11-22)15-7-4-13(20)10-18(15)21-17/h2-7,10,21H,8-9,11H2,1H3. The molecule has 4 nitrogen and oxygen atoms in total. The summed E-state index contributed by atoms with van der Waals surface area (Å²) in [5.41, 5.74) is 4.11. The van der Waals surface area contributed by atoms with Gasteiger partial charge in [0, 0.05) is 52.3 Å². The van der Waals surface area contributed by atoms with Gasteiger partial charge in [0.25, 0.3) is 5.91 Å². The van der Waals surface area contributed by atoms with Gasteiger partial charge in [0.05, 0.1) is 7.11 Å². The first-order chi connectivity index (χ1) is 11.7. The predicted molar refractivity (Wildman–Crippen MR) is 94.7 cm³/mol. The molecule has 1 aliphatic rings. The fourth-order valence-corrected chi connectivity index (χ4v) is 3.46. The van der Waals surface area contributed by atoms with E-state index in [0.717, 1.165) is 23.1 Å². The summed E-state index contributed by atoms with van der Waals surface area (Å²) in [6.45, 7) is 1.32. The second kappa shape index (κ2) is 5.87. The summed E-state index contributed by atoms with van der Waals surface area (Å²) in [7, 11) is 1.62. The number of amides is 1. The highest BCUT2D eigenvalue weighted by Gasteiger charge is 2.24. The maximum absolute atomic E-state index is 12.8. The minimum absolute atomic E-state index is 0.0478. The molecule has 0 unspecified atom stereocenters. The van der Waals surface area contributed by atoms with E-state index in [9.17, 15) is 4.79 Å². The van der Waals surface area contributed by atoms with E-state index in [1.165, 1.54) is 11.3 Å². The van der Waals surface area contributed by atoms with Crippen LogP contribution in [0.2, 0.25) is 5.02 Å². The SMILES string of the molecule is COc1ccc(C(=O)N2CCc3[nH]c4cc(Cl)ccc4c3C2)cc1. The minimum atomic E-state index is 0.0478. The van der Waals surface area contributed by atoms with Crippen molar-refractivity contribution in [3.05, 3.63) is 64.3 Å². The van der Waals surface area contributed by atoms with Gasteiger partial charge in [0.1, 0.15) is 5.75 Å². The summed E-state index contributed by atoms with van der Waals surface area (Å²) in [6.07, 6.45) is 0.823. The maximum atomic E-state index is 12.8. The van der Waals surface area contributed by atoms with Crippen LogP contribution in [0.3, 0.4) is 0 Å². The largest absolute Gasteiger partial charge is 0.497 e. The summed E-state index contributed by atoms with van der Waals surface area (Å²) in [6, 6.07) is 13.1. The Hall–Kier alpha value is -2.46. The third-order valence-electron chi connectivity index (χ3n) is 4.56. The first-order valence-electron chi connectivity index (χ1n) is 7.88. The Morgan fingerprint density at radius 2 is 2.00 bits per heavy atom. The molecular formula is C19H17ClN2O2. The topological polar surface area (TPSA) is 45.3 Å². The fraction of sp³-hybridized carbons (Fsp3) is 0.211. The lowest BCUT2D eigenvalue weighted by molar-refractivity contribution is 0.0735. The Balaban J connectivity index is 1.63. The molecule has 0 saturated heterocycles. The molecule has 24 heavy (non-hydrogen) atoms. The fourth-order valence-electron chi connectivity index (χ4n) is 3.28. The summed E-state index contributed by atoms with van der Waals surface area (Å²) < 4.78 is 5.15. The number of carbonyl (C=O) groups excluding carboxylic acids is 1. The van der Waals surface area contributed by atoms with Crippen molar-refractivity contribution in [3.8, 4) is 5.75 Å². The van der Waals surface area contributed by atoms with Crippen molar-refractivity contribution in [1.29, 1.82) is 0 Å². The van der Waals surface area contributed by atoms with Crippen LogP contribution in [0.5, 0.6) is 5.75 Å². The Kier molecular flexibility index (Phi) is 3.69. The van der Waals surface area contributed by atoms with Crippen molar-refractivity contribution in [1.82, 2.24) is 9.88 Å². The lowest BCUT2D eigenvalue weighted by Crippen LogP contribution is -2.35. The molecule has 4 rings (SSSR count). The third kappa shape index (κ3) is 2.53. The van der Waals surface area contributed by atoms with Crippen LogP contribution in [0, 0.1) is 0 Å². The molecule has 0 fully saturated rings. The molecule has 1 amide bonds. The van der Waals surface area contributed by atoms with Crippen LogP contribution in [0.15, 0.2) is 42.5 Å². The van der Waals surface area contributed by atoms with Crippen LogP contribution in [0.1, 0.15) is 21.6 Å². The van der Waals surface area contributed by atoms with E-state index in [0.29, 0.717) is 23.7 Å². The van der Waals surface area contributed by atoms with E-state index in [-0.39, 0.29) is 5.91 Å². The number of ether oxygens (including phenoxy) is 1. The van der Waals surface area contributed by atoms with Gasteiger partial charge in [0.2, 0.25) is 0 Å². The van der Waals surface area contributed by atoms with Crippen LogP contribution in [0.4, 0.5) is 0 Å². The minimum Gasteiger partial charge on any atom is -0.497 e. The summed E-state index contributed by atoms with van der Waals surface area (Å²) in [5.74, 6) is 0.799. The summed E-state index contributed by atoms with van der Waals surface area (Å²) >= 11 is 6.07. The molecule has 3 aromatic rings. The second-order valence-corrected chi connectivity index (χ2v) is 6.41. The number of methoxy groups -OCH3 is 1. The van der Waals surface area contributed by atoms with E-state index in [1.807, 2.05) is 47.4 Å². The quantitative estimate of drug-likeness (QED) is 0.765. The molecule has 5 heteroatoms. The van der Waals surface area contributed by atoms with Crippen molar-refractivity contribution >= 4 is 28.4 Å². The molecule has 122 valence electrons. The molecule has 0 saturated carbocycles. The van der Waals surface area contributed by atoms with Gasteiger partial charge in [-0.1, -0.05) is 17.7 Å². The van der Waals surface area contributed by atoms with E-state index < -0.39 is 0 Å². The molecule has 0 spiro atoms. The number of halogens is 1. The number of carbonyl (C=O) groups is 1. The van der Waals surface area contributed by atoms with Crippen LogP contribution < -0.4 is 4.74 Å². The van der Waals surface area contributed by atoms with Gasteiger partial charge in [-0.05, 0) is 36.4 Å². The van der Waals surface area contributed by atoms with E-state index in [4.69, 9.17) is 16.3 Å². The van der Waals surface area contributed by atoms with Gasteiger partial charge in [-0.15, -0.1) is 0 Å². The number of hydrogen-bond acceptors (Lipinski definition) is 2. The van der Waals surface area contributed by atoms with Crippen LogP contribution in [-0.4, -0.2) is 29.4 Å². The number of benzene rings is 2. The molecule has 0 aliphatic carbocycles. The van der Waals surface area contributed by atoms with Crippen molar-refractivity contribution in [3.63, 3.8) is 0 Å². The van der Waals surface area contributed by atoms with Gasteiger partial charge >= 0.3 is 0 Å². The third-order valence-corrected chi connectivity index (χ3v) is 4.80. The molecule has 2 aromatic carbocycles. The van der Waals surface area contributed by atoms with E-state index in [2.05, 4.69) is 4.98 Å². The smallest absolute Gasteiger partial charge is 0.254 e. The zero-order valence-corrected chi connectivity index (χ0v) is 14.1. The highest BCUT2D eigenvalue weighted by atomic mass is 35.5. The lowest BCUT2D eigenvalue weighted by atomic mass is 10.0. The highest BCUT2D eigenvalue weighted by Crippen LogP contribution is 2.30. The Morgan fingerprint density at radius 3 is 2.75 bits per heavy atom. The number of fused-ring (bicyclic) bond motifs is 3. The molecule has 0 bridgehead atoms. The Labute approximate surface area is 145 Å². The Bertz CT molecular complexity index is 915. The van der Waals surface area contributed by atoms with Crippen molar-refractivity contribution in [2.24, 2.45) is 0 Å². The number of nitrogens with zero attached hydrogens (tertiary/aromatic N) is 1. The lowest BCUT2D eigenvalue weighted by Gasteiger charge is -2.27. The number of aromatic amines is 1. The molecule has 0 radical (unpaired) electrons. The number of aromatic nitrogens is 1. The maximum Gasteiger partial charge on any atom is 0.254 e. The normalized spacial score (nSPS) is 13.8. The zero-order chi connectivity index (χ0) is 16.7. The monoisotopic (exact) mass is 340 g/mol. The molecule has 2 heterocycles. The van der Waals surface area contributed by atoms with Crippen molar-refractivity contribution in [2.75, 3.05) is 13.7 Å². The van der Waals surface area contributed by atoms with Crippen molar-refractivity contribution < 1.29 is 9.53 Å². The predicted octanol–water partition coefficient (Wildman–Crippen LogP) is 4.03. The van der Waals surface area contributed by atoms with Crippen LogP contribution in [0.25, 0.3) is 10.9 Å². The first-order valence-corrected chi connectivity index (χ1v) is 8.26. The molecular weight excluding hydrogens is 324 g/mol. The molecule has 1 aliphatic heterocycles. The average molecular weight is 341 g/mol. The average Bonchev–Trinajstić information content (AvgIpc) is 2.97. The number of nitrogens with one attached hydrogen (secondary N) is 1. The van der Waals surface area contributed by atoms with Crippen LogP contribution in [-0.2, 0) is 13.0 Å². The van der Waals surface area contributed by atoms with Crippen molar-refractivity contribution in [2.45, 2.75) is 13.0 Å². The van der Waals surface area contributed by atoms with Gasteiger partial charge in [-0.2, -0.15) is 0 Å². The number of hydrogen-bond donors (Lipinski definition) is 1. The highest BCUT2D eigenvalue weighted by molar-refractivity contribution is 6.31. The van der Waals surface area contributed by atoms with E-state index in [1.54, 1.807) is 7.11 Å². The Morgan fingerprint density at radius 1 is 1.21 bits per heavy atom. The van der Waals surface area contributed by atoms with Gasteiger partial charge in [0.15, 0.2) is 0 Å². The second-order valence-electron chi connectivity index (χ2n) is 5.98. The molecule has 1 N–H and O–H groups in total. The first kappa shape index (κ1) is 15.1. The number of H-pyrrole nitrogens is 1.